The topological polar surface area (TPSA) is 58.6 Å². The molecule has 166 valence electrons. The van der Waals surface area contributed by atoms with Gasteiger partial charge in [-0.25, -0.2) is 4.79 Å². The lowest BCUT2D eigenvalue weighted by Gasteiger charge is -2.45. The monoisotopic (exact) mass is 406 g/mol. The molecule has 1 N–H and O–H groups in total. The number of carbonyl (C=O) groups excluding carboxylic acids is 2. The summed E-state index contributed by atoms with van der Waals surface area (Å²) >= 11 is 0. The highest BCUT2D eigenvalue weighted by atomic mass is 16.6. The Balaban J connectivity index is 2.13. The van der Waals surface area contributed by atoms with Crippen LogP contribution in [0, 0.1) is 11.8 Å². The third kappa shape index (κ3) is 6.23. The number of ether oxygens (including phenoxy) is 1. The molecule has 1 aliphatic heterocycles. The Morgan fingerprint density at radius 3 is 2.10 bits per heavy atom. The van der Waals surface area contributed by atoms with Crippen molar-refractivity contribution in [3.8, 4) is 0 Å². The molecular weight excluding hydrogens is 364 g/mol. The molecule has 5 heteroatoms. The van der Waals surface area contributed by atoms with E-state index in [1.807, 2.05) is 20.8 Å². The fourth-order valence-electron chi connectivity index (χ4n) is 4.53. The molecule has 0 bridgehead atoms. The van der Waals surface area contributed by atoms with Gasteiger partial charge in [-0.1, -0.05) is 19.4 Å². The molecule has 5 nitrogen and oxygen atoms in total. The average molecular weight is 407 g/mol. The number of hydrogen-bond acceptors (Lipinski definition) is 3. The zero-order chi connectivity index (χ0) is 21.8. The van der Waals surface area contributed by atoms with E-state index in [1.54, 1.807) is 4.90 Å². The predicted molar refractivity (Wildman–Crippen MR) is 118 cm³/mol. The number of likely N-dealkylation sites (tertiary alicyclic amines) is 1. The summed E-state index contributed by atoms with van der Waals surface area (Å²) in [6.45, 7) is 15.6. The van der Waals surface area contributed by atoms with Gasteiger partial charge in [-0.3, -0.25) is 4.79 Å². The average Bonchev–Trinajstić information content (AvgIpc) is 2.66. The van der Waals surface area contributed by atoms with E-state index in [0.29, 0.717) is 13.1 Å². The quantitative estimate of drug-likeness (QED) is 0.632. The van der Waals surface area contributed by atoms with Crippen LogP contribution < -0.4 is 5.32 Å². The Bertz CT molecular complexity index is 617. The van der Waals surface area contributed by atoms with E-state index in [-0.39, 0.29) is 23.5 Å². The SMILES string of the molecule is CC/C(C)=C(\C)C1(NC(=O)C2CCC(C)CC2)CCN(C(=O)OC(C)(C)C)CC1. The van der Waals surface area contributed by atoms with Crippen LogP contribution in [0.5, 0.6) is 0 Å². The molecule has 1 aliphatic carbocycles. The first-order valence-corrected chi connectivity index (χ1v) is 11.4. The lowest BCUT2D eigenvalue weighted by Crippen LogP contribution is -2.58. The van der Waals surface area contributed by atoms with Gasteiger partial charge in [0.25, 0.3) is 0 Å². The van der Waals surface area contributed by atoms with E-state index in [1.165, 1.54) is 11.1 Å². The first-order valence-electron chi connectivity index (χ1n) is 11.4. The zero-order valence-corrected chi connectivity index (χ0v) is 19.7. The number of nitrogens with zero attached hydrogens (tertiary/aromatic N) is 1. The van der Waals surface area contributed by atoms with Crippen molar-refractivity contribution < 1.29 is 14.3 Å². The van der Waals surface area contributed by atoms with Gasteiger partial charge in [0.05, 0.1) is 5.54 Å². The molecule has 1 heterocycles. The number of carbonyl (C=O) groups is 2. The van der Waals surface area contributed by atoms with E-state index in [9.17, 15) is 9.59 Å². The van der Waals surface area contributed by atoms with Crippen molar-refractivity contribution in [2.45, 2.75) is 105 Å². The van der Waals surface area contributed by atoms with Crippen LogP contribution in [0.4, 0.5) is 4.79 Å². The van der Waals surface area contributed by atoms with Crippen molar-refractivity contribution >= 4 is 12.0 Å². The Morgan fingerprint density at radius 1 is 1.07 bits per heavy atom. The predicted octanol–water partition coefficient (Wildman–Crippen LogP) is 5.45. The second-order valence-corrected chi connectivity index (χ2v) is 10.3. The maximum atomic E-state index is 13.2. The fraction of sp³-hybridized carbons (Fsp3) is 0.833. The van der Waals surface area contributed by atoms with E-state index in [4.69, 9.17) is 4.74 Å². The molecule has 0 spiro atoms. The summed E-state index contributed by atoms with van der Waals surface area (Å²) in [5.41, 5.74) is 1.75. The van der Waals surface area contributed by atoms with Crippen LogP contribution in [0.1, 0.15) is 93.4 Å². The highest BCUT2D eigenvalue weighted by Gasteiger charge is 2.41. The molecule has 2 aliphatic rings. The van der Waals surface area contributed by atoms with Gasteiger partial charge in [-0.2, -0.15) is 0 Å². The summed E-state index contributed by atoms with van der Waals surface area (Å²) in [6, 6.07) is 0. The second-order valence-electron chi connectivity index (χ2n) is 10.3. The minimum Gasteiger partial charge on any atom is -0.444 e. The van der Waals surface area contributed by atoms with Gasteiger partial charge in [0.1, 0.15) is 5.60 Å². The van der Waals surface area contributed by atoms with Crippen LogP contribution in [0.25, 0.3) is 0 Å². The van der Waals surface area contributed by atoms with Gasteiger partial charge >= 0.3 is 6.09 Å². The van der Waals surface area contributed by atoms with Crippen molar-refractivity contribution in [1.29, 1.82) is 0 Å². The Labute approximate surface area is 177 Å². The van der Waals surface area contributed by atoms with Crippen molar-refractivity contribution in [2.24, 2.45) is 11.8 Å². The van der Waals surface area contributed by atoms with Crippen molar-refractivity contribution in [2.75, 3.05) is 13.1 Å². The number of piperidine rings is 1. The minimum absolute atomic E-state index is 0.127. The maximum Gasteiger partial charge on any atom is 0.410 e. The highest BCUT2D eigenvalue weighted by molar-refractivity contribution is 5.80. The number of hydrogen-bond donors (Lipinski definition) is 1. The molecule has 0 aromatic carbocycles. The summed E-state index contributed by atoms with van der Waals surface area (Å²) in [4.78, 5) is 27.4. The molecule has 1 saturated heterocycles. The van der Waals surface area contributed by atoms with Crippen LogP contribution in [-0.2, 0) is 9.53 Å². The van der Waals surface area contributed by atoms with Crippen LogP contribution in [0.2, 0.25) is 0 Å². The highest BCUT2D eigenvalue weighted by Crippen LogP contribution is 2.35. The summed E-state index contributed by atoms with van der Waals surface area (Å²) in [5, 5.41) is 3.46. The molecule has 2 fully saturated rings. The molecular formula is C24H42N2O3. The molecule has 2 rings (SSSR count). The first-order chi connectivity index (χ1) is 13.5. The van der Waals surface area contributed by atoms with Gasteiger partial charge in [0.15, 0.2) is 0 Å². The number of nitrogens with one attached hydrogen (secondary N) is 1. The van der Waals surface area contributed by atoms with E-state index in [2.05, 4.69) is 33.0 Å². The normalized spacial score (nSPS) is 25.8. The number of allylic oxidation sites excluding steroid dienone is 1. The number of amides is 2. The Kier molecular flexibility index (Phi) is 7.80. The van der Waals surface area contributed by atoms with E-state index < -0.39 is 5.60 Å². The third-order valence-corrected chi connectivity index (χ3v) is 6.91. The lowest BCUT2D eigenvalue weighted by molar-refractivity contribution is -0.128. The van der Waals surface area contributed by atoms with Gasteiger partial charge < -0.3 is 15.0 Å². The van der Waals surface area contributed by atoms with Gasteiger partial charge in [0, 0.05) is 19.0 Å². The van der Waals surface area contributed by atoms with Crippen LogP contribution in [0.3, 0.4) is 0 Å². The molecule has 0 atom stereocenters. The van der Waals surface area contributed by atoms with Crippen LogP contribution in [0.15, 0.2) is 11.1 Å². The first kappa shape index (κ1) is 23.8. The molecule has 0 aromatic heterocycles. The Hall–Kier alpha value is -1.52. The van der Waals surface area contributed by atoms with E-state index >= 15 is 0 Å². The van der Waals surface area contributed by atoms with Crippen molar-refractivity contribution in [3.63, 3.8) is 0 Å². The van der Waals surface area contributed by atoms with E-state index in [0.717, 1.165) is 50.9 Å². The summed E-state index contributed by atoms with van der Waals surface area (Å²) in [7, 11) is 0. The standard InChI is InChI=1S/C24H42N2O3/c1-8-18(3)19(4)24(25-21(27)20-11-9-17(2)10-12-20)13-15-26(16-14-24)22(28)29-23(5,6)7/h17,20H,8-16H2,1-7H3,(H,25,27)/b19-18+. The minimum atomic E-state index is -0.493. The zero-order valence-electron chi connectivity index (χ0n) is 19.7. The summed E-state index contributed by atoms with van der Waals surface area (Å²) < 4.78 is 5.55. The van der Waals surface area contributed by atoms with Crippen LogP contribution >= 0.6 is 0 Å². The summed E-state index contributed by atoms with van der Waals surface area (Å²) in [5.74, 6) is 1.06. The van der Waals surface area contributed by atoms with Crippen molar-refractivity contribution in [1.82, 2.24) is 10.2 Å². The fourth-order valence-corrected chi connectivity index (χ4v) is 4.53. The molecule has 1 saturated carbocycles. The lowest BCUT2D eigenvalue weighted by atomic mass is 9.77. The summed E-state index contributed by atoms with van der Waals surface area (Å²) in [6.07, 6.45) is 6.45. The smallest absolute Gasteiger partial charge is 0.410 e. The second kappa shape index (κ2) is 9.53. The largest absolute Gasteiger partial charge is 0.444 e. The molecule has 29 heavy (non-hydrogen) atoms. The van der Waals surface area contributed by atoms with Gasteiger partial charge in [0.2, 0.25) is 5.91 Å². The molecule has 0 radical (unpaired) electrons. The van der Waals surface area contributed by atoms with Gasteiger partial charge in [-0.15, -0.1) is 0 Å². The Morgan fingerprint density at radius 2 is 1.62 bits per heavy atom. The van der Waals surface area contributed by atoms with Gasteiger partial charge in [-0.05, 0) is 91.1 Å². The molecule has 0 aromatic rings. The molecule has 0 unspecified atom stereocenters. The molecule has 2 amide bonds. The van der Waals surface area contributed by atoms with Crippen LogP contribution in [-0.4, -0.2) is 41.1 Å². The number of rotatable bonds is 4. The van der Waals surface area contributed by atoms with Crippen molar-refractivity contribution in [3.05, 3.63) is 11.1 Å². The third-order valence-electron chi connectivity index (χ3n) is 6.91. The maximum absolute atomic E-state index is 13.2.